The van der Waals surface area contributed by atoms with Crippen molar-refractivity contribution in [2.75, 3.05) is 20.1 Å². The number of aliphatic hydroxyl groups excluding tert-OH is 1. The number of carbonyl (C=O) groups is 1. The smallest absolute Gasteiger partial charge is 0.243 e. The Kier molecular flexibility index (Phi) is 4.24. The van der Waals surface area contributed by atoms with E-state index < -0.39 is 22.2 Å². The van der Waals surface area contributed by atoms with Crippen molar-refractivity contribution in [1.29, 1.82) is 0 Å². The van der Waals surface area contributed by atoms with Gasteiger partial charge in [0.05, 0.1) is 17.0 Å². The molecule has 2 atom stereocenters. The van der Waals surface area contributed by atoms with Crippen molar-refractivity contribution in [3.8, 4) is 0 Å². The fourth-order valence-corrected chi connectivity index (χ4v) is 3.67. The second-order valence-electron chi connectivity index (χ2n) is 4.90. The Morgan fingerprint density at radius 3 is 2.65 bits per heavy atom. The molecule has 2 N–H and O–H groups in total. The van der Waals surface area contributed by atoms with Gasteiger partial charge in [-0.1, -0.05) is 12.1 Å². The molecule has 0 bridgehead atoms. The molecule has 6 nitrogen and oxygen atoms in total. The SMILES string of the molecule is CC(=O)c1cccc(S(=O)(=O)N(C)[C@@H]2CNC[C@H]2O)c1. The molecule has 110 valence electrons. The summed E-state index contributed by atoms with van der Waals surface area (Å²) in [4.78, 5) is 11.4. The van der Waals surface area contributed by atoms with E-state index in [4.69, 9.17) is 0 Å². The predicted octanol–water partition coefficient (Wildman–Crippen LogP) is -0.158. The molecule has 0 saturated carbocycles. The van der Waals surface area contributed by atoms with Gasteiger partial charge in [0, 0.05) is 25.7 Å². The molecule has 0 spiro atoms. The zero-order valence-corrected chi connectivity index (χ0v) is 12.2. The van der Waals surface area contributed by atoms with E-state index in [1.165, 1.54) is 26.1 Å². The molecule has 1 fully saturated rings. The summed E-state index contributed by atoms with van der Waals surface area (Å²) in [6.07, 6.45) is -0.731. The summed E-state index contributed by atoms with van der Waals surface area (Å²) >= 11 is 0. The summed E-state index contributed by atoms with van der Waals surface area (Å²) in [6, 6.07) is 5.44. The minimum atomic E-state index is -3.73. The third kappa shape index (κ3) is 2.76. The lowest BCUT2D eigenvalue weighted by molar-refractivity contribution is 0.101. The number of hydrogen-bond donors (Lipinski definition) is 2. The quantitative estimate of drug-likeness (QED) is 0.755. The van der Waals surface area contributed by atoms with Crippen LogP contribution in [0.25, 0.3) is 0 Å². The van der Waals surface area contributed by atoms with Crippen LogP contribution < -0.4 is 5.32 Å². The lowest BCUT2D eigenvalue weighted by atomic mass is 10.2. The van der Waals surface area contributed by atoms with Crippen molar-refractivity contribution in [1.82, 2.24) is 9.62 Å². The highest BCUT2D eigenvalue weighted by Crippen LogP contribution is 2.20. The molecule has 1 aromatic carbocycles. The number of benzene rings is 1. The van der Waals surface area contributed by atoms with E-state index in [-0.39, 0.29) is 10.7 Å². The summed E-state index contributed by atoms with van der Waals surface area (Å²) < 4.78 is 26.2. The highest BCUT2D eigenvalue weighted by atomic mass is 32.2. The number of carbonyl (C=O) groups excluding carboxylic acids is 1. The van der Waals surface area contributed by atoms with Crippen LogP contribution in [-0.2, 0) is 10.0 Å². The Morgan fingerprint density at radius 2 is 2.10 bits per heavy atom. The van der Waals surface area contributed by atoms with Crippen LogP contribution in [0.3, 0.4) is 0 Å². The number of nitrogens with one attached hydrogen (secondary N) is 1. The first-order valence-electron chi connectivity index (χ1n) is 6.32. The van der Waals surface area contributed by atoms with Gasteiger partial charge in [0.25, 0.3) is 0 Å². The first-order chi connectivity index (χ1) is 9.34. The van der Waals surface area contributed by atoms with Gasteiger partial charge in [-0.05, 0) is 19.1 Å². The number of nitrogens with zero attached hydrogens (tertiary/aromatic N) is 1. The van der Waals surface area contributed by atoms with Crippen molar-refractivity contribution in [3.05, 3.63) is 29.8 Å². The first-order valence-corrected chi connectivity index (χ1v) is 7.76. The molecule has 0 unspecified atom stereocenters. The molecule has 0 radical (unpaired) electrons. The molecule has 7 heteroatoms. The molecular weight excluding hydrogens is 280 g/mol. The lowest BCUT2D eigenvalue weighted by Gasteiger charge is -2.25. The molecule has 0 amide bonds. The molecule has 1 aliphatic rings. The van der Waals surface area contributed by atoms with Gasteiger partial charge in [0.2, 0.25) is 10.0 Å². The molecule has 2 rings (SSSR count). The zero-order chi connectivity index (χ0) is 14.9. The van der Waals surface area contributed by atoms with Gasteiger partial charge in [-0.25, -0.2) is 8.42 Å². The van der Waals surface area contributed by atoms with Crippen molar-refractivity contribution in [2.45, 2.75) is 24.0 Å². The van der Waals surface area contributed by atoms with Crippen molar-refractivity contribution < 1.29 is 18.3 Å². The van der Waals surface area contributed by atoms with Crippen molar-refractivity contribution >= 4 is 15.8 Å². The summed E-state index contributed by atoms with van der Waals surface area (Å²) in [5.74, 6) is -0.188. The maximum atomic E-state index is 12.5. The molecule has 1 aliphatic heterocycles. The van der Waals surface area contributed by atoms with Crippen LogP contribution in [0, 0.1) is 0 Å². The van der Waals surface area contributed by atoms with E-state index in [1.807, 2.05) is 0 Å². The summed E-state index contributed by atoms with van der Waals surface area (Å²) in [6.45, 7) is 2.17. The van der Waals surface area contributed by atoms with E-state index in [0.717, 1.165) is 4.31 Å². The average molecular weight is 298 g/mol. The van der Waals surface area contributed by atoms with E-state index in [9.17, 15) is 18.3 Å². The number of Topliss-reactive ketones (excluding diaryl/α,β-unsaturated/α-hetero) is 1. The van der Waals surface area contributed by atoms with E-state index in [0.29, 0.717) is 18.7 Å². The molecule has 1 heterocycles. The lowest BCUT2D eigenvalue weighted by Crippen LogP contribution is -2.44. The molecule has 1 saturated heterocycles. The van der Waals surface area contributed by atoms with Crippen molar-refractivity contribution in [3.63, 3.8) is 0 Å². The van der Waals surface area contributed by atoms with Gasteiger partial charge in [-0.15, -0.1) is 0 Å². The maximum Gasteiger partial charge on any atom is 0.243 e. The number of aliphatic hydroxyl groups is 1. The Morgan fingerprint density at radius 1 is 1.40 bits per heavy atom. The number of sulfonamides is 1. The highest BCUT2D eigenvalue weighted by Gasteiger charge is 2.35. The van der Waals surface area contributed by atoms with Crippen LogP contribution in [0.15, 0.2) is 29.2 Å². The summed E-state index contributed by atoms with van der Waals surface area (Å²) in [7, 11) is -2.29. The first kappa shape index (κ1) is 15.1. The Bertz CT molecular complexity index is 615. The van der Waals surface area contributed by atoms with E-state index in [2.05, 4.69) is 5.32 Å². The van der Waals surface area contributed by atoms with Gasteiger partial charge in [-0.3, -0.25) is 4.79 Å². The highest BCUT2D eigenvalue weighted by molar-refractivity contribution is 7.89. The second kappa shape index (κ2) is 5.61. The molecule has 0 aliphatic carbocycles. The number of β-amino-alcohol motifs (C(OH)–C–C–N with tert-alkyl or cyclic N) is 1. The van der Waals surface area contributed by atoms with Crippen LogP contribution in [0.2, 0.25) is 0 Å². The Labute approximate surface area is 118 Å². The van der Waals surface area contributed by atoms with Gasteiger partial charge < -0.3 is 10.4 Å². The molecule has 0 aromatic heterocycles. The van der Waals surface area contributed by atoms with Gasteiger partial charge >= 0.3 is 0 Å². The van der Waals surface area contributed by atoms with E-state index >= 15 is 0 Å². The van der Waals surface area contributed by atoms with Crippen LogP contribution in [0.1, 0.15) is 17.3 Å². The molecule has 1 aromatic rings. The predicted molar refractivity (Wildman–Crippen MR) is 74.1 cm³/mol. The topological polar surface area (TPSA) is 86.7 Å². The minimum Gasteiger partial charge on any atom is -0.390 e. The fourth-order valence-electron chi connectivity index (χ4n) is 2.24. The Balaban J connectivity index is 2.34. The maximum absolute atomic E-state index is 12.5. The molecule has 20 heavy (non-hydrogen) atoms. The number of rotatable bonds is 4. The van der Waals surface area contributed by atoms with E-state index in [1.54, 1.807) is 12.1 Å². The summed E-state index contributed by atoms with van der Waals surface area (Å²) in [5.41, 5.74) is 0.351. The number of ketones is 1. The van der Waals surface area contributed by atoms with Gasteiger partial charge in [0.15, 0.2) is 5.78 Å². The molecular formula is C13H18N2O4S. The fraction of sp³-hybridized carbons (Fsp3) is 0.462. The third-order valence-electron chi connectivity index (χ3n) is 3.54. The summed E-state index contributed by atoms with van der Waals surface area (Å²) in [5, 5.41) is 12.7. The number of hydrogen-bond acceptors (Lipinski definition) is 5. The zero-order valence-electron chi connectivity index (χ0n) is 11.4. The second-order valence-corrected chi connectivity index (χ2v) is 6.90. The third-order valence-corrected chi connectivity index (χ3v) is 5.41. The average Bonchev–Trinajstić information content (AvgIpc) is 2.84. The minimum absolute atomic E-state index is 0.0619. The van der Waals surface area contributed by atoms with Gasteiger partial charge in [-0.2, -0.15) is 4.31 Å². The largest absolute Gasteiger partial charge is 0.390 e. The Hall–Kier alpha value is -1.28. The van der Waals surface area contributed by atoms with Gasteiger partial charge in [0.1, 0.15) is 0 Å². The van der Waals surface area contributed by atoms with Crippen LogP contribution in [0.4, 0.5) is 0 Å². The normalized spacial score (nSPS) is 23.2. The number of likely N-dealkylation sites (N-methyl/N-ethyl adjacent to an activating group) is 1. The van der Waals surface area contributed by atoms with Crippen LogP contribution >= 0.6 is 0 Å². The van der Waals surface area contributed by atoms with Crippen LogP contribution in [0.5, 0.6) is 0 Å². The van der Waals surface area contributed by atoms with Crippen molar-refractivity contribution in [2.24, 2.45) is 0 Å². The standard InChI is InChI=1S/C13H18N2O4S/c1-9(16)10-4-3-5-11(6-10)20(18,19)15(2)12-7-14-8-13(12)17/h3-6,12-14,17H,7-8H2,1-2H3/t12-,13-/m1/s1. The monoisotopic (exact) mass is 298 g/mol. The van der Waals surface area contributed by atoms with Crippen LogP contribution in [-0.4, -0.2) is 55.9 Å².